The predicted octanol–water partition coefficient (Wildman–Crippen LogP) is 0.892. The molecule has 2 heterocycles. The van der Waals surface area contributed by atoms with Crippen molar-refractivity contribution in [1.29, 1.82) is 0 Å². The van der Waals surface area contributed by atoms with E-state index in [1.54, 1.807) is 0 Å². The number of amides is 1. The van der Waals surface area contributed by atoms with Crippen molar-refractivity contribution in [1.82, 2.24) is 20.1 Å². The average Bonchev–Trinajstić information content (AvgIpc) is 2.97. The molecule has 0 radical (unpaired) electrons. The summed E-state index contributed by atoms with van der Waals surface area (Å²) in [5, 5.41) is 11.4. The van der Waals surface area contributed by atoms with E-state index in [1.807, 2.05) is 0 Å². The molecule has 3 N–H and O–H groups in total. The lowest BCUT2D eigenvalue weighted by Gasteiger charge is -2.22. The summed E-state index contributed by atoms with van der Waals surface area (Å²) in [4.78, 5) is 12.2. The average molecular weight is 277 g/mol. The molecule has 1 fully saturated rings. The second-order valence-corrected chi connectivity index (χ2v) is 6.04. The molecule has 1 aliphatic carbocycles. The SMILES string of the molecule is NC1(C(=O)NCc2nnc3n2CCCCC3)CCCC1. The van der Waals surface area contributed by atoms with Crippen molar-refractivity contribution in [3.63, 3.8) is 0 Å². The third-order valence-corrected chi connectivity index (χ3v) is 4.54. The number of carbonyl (C=O) groups excluding carboxylic acids is 1. The summed E-state index contributed by atoms with van der Waals surface area (Å²) in [6.45, 7) is 1.39. The van der Waals surface area contributed by atoms with Crippen LogP contribution in [0.25, 0.3) is 0 Å². The number of carbonyl (C=O) groups is 1. The van der Waals surface area contributed by atoms with E-state index in [-0.39, 0.29) is 5.91 Å². The molecule has 2 aliphatic rings. The van der Waals surface area contributed by atoms with Gasteiger partial charge in [0.25, 0.3) is 0 Å². The maximum Gasteiger partial charge on any atom is 0.240 e. The van der Waals surface area contributed by atoms with E-state index in [9.17, 15) is 4.79 Å². The zero-order valence-corrected chi connectivity index (χ0v) is 11.9. The number of fused-ring (bicyclic) bond motifs is 1. The molecule has 0 spiro atoms. The number of hydrogen-bond donors (Lipinski definition) is 2. The first-order chi connectivity index (χ1) is 9.69. The van der Waals surface area contributed by atoms with Gasteiger partial charge in [-0.3, -0.25) is 4.79 Å². The van der Waals surface area contributed by atoms with Crippen molar-refractivity contribution in [3.8, 4) is 0 Å². The monoisotopic (exact) mass is 277 g/mol. The smallest absolute Gasteiger partial charge is 0.240 e. The Labute approximate surface area is 119 Å². The lowest BCUT2D eigenvalue weighted by Crippen LogP contribution is -2.51. The molecule has 1 saturated carbocycles. The van der Waals surface area contributed by atoms with Crippen molar-refractivity contribution in [2.75, 3.05) is 0 Å². The summed E-state index contributed by atoms with van der Waals surface area (Å²) in [6, 6.07) is 0. The van der Waals surface area contributed by atoms with Crippen LogP contribution >= 0.6 is 0 Å². The van der Waals surface area contributed by atoms with E-state index in [2.05, 4.69) is 20.1 Å². The quantitative estimate of drug-likeness (QED) is 0.859. The van der Waals surface area contributed by atoms with Gasteiger partial charge in [-0.25, -0.2) is 0 Å². The van der Waals surface area contributed by atoms with Crippen LogP contribution in [0.3, 0.4) is 0 Å². The molecule has 1 aliphatic heterocycles. The molecule has 0 unspecified atom stereocenters. The van der Waals surface area contributed by atoms with Gasteiger partial charge < -0.3 is 15.6 Å². The molecule has 110 valence electrons. The Morgan fingerprint density at radius 2 is 2.00 bits per heavy atom. The Kier molecular flexibility index (Phi) is 3.74. The molecule has 0 saturated heterocycles. The molecule has 1 amide bonds. The van der Waals surface area contributed by atoms with E-state index in [1.165, 1.54) is 12.8 Å². The second kappa shape index (κ2) is 5.52. The minimum Gasteiger partial charge on any atom is -0.347 e. The summed E-state index contributed by atoms with van der Waals surface area (Å²) in [7, 11) is 0. The minimum absolute atomic E-state index is 0.0408. The van der Waals surface area contributed by atoms with Crippen molar-refractivity contribution >= 4 is 5.91 Å². The zero-order chi connectivity index (χ0) is 14.0. The highest BCUT2D eigenvalue weighted by Gasteiger charge is 2.36. The van der Waals surface area contributed by atoms with Gasteiger partial charge in [0, 0.05) is 13.0 Å². The molecular weight excluding hydrogens is 254 g/mol. The van der Waals surface area contributed by atoms with Gasteiger partial charge in [0.2, 0.25) is 5.91 Å². The van der Waals surface area contributed by atoms with Gasteiger partial charge in [-0.1, -0.05) is 19.3 Å². The predicted molar refractivity (Wildman–Crippen MR) is 74.8 cm³/mol. The van der Waals surface area contributed by atoms with Crippen LogP contribution in [0.4, 0.5) is 0 Å². The van der Waals surface area contributed by atoms with Crippen molar-refractivity contribution in [2.24, 2.45) is 5.73 Å². The van der Waals surface area contributed by atoms with Crippen LogP contribution in [0.5, 0.6) is 0 Å². The summed E-state index contributed by atoms with van der Waals surface area (Å²) in [5.41, 5.74) is 5.48. The summed E-state index contributed by atoms with van der Waals surface area (Å²) in [6.07, 6.45) is 8.23. The molecule has 20 heavy (non-hydrogen) atoms. The molecular formula is C14H23N5O. The maximum atomic E-state index is 12.2. The fourth-order valence-electron chi connectivity index (χ4n) is 3.24. The number of hydrogen-bond acceptors (Lipinski definition) is 4. The molecule has 0 atom stereocenters. The maximum absolute atomic E-state index is 12.2. The number of nitrogens with two attached hydrogens (primary N) is 1. The van der Waals surface area contributed by atoms with Crippen LogP contribution in [0.1, 0.15) is 56.6 Å². The number of aromatic nitrogens is 3. The highest BCUT2D eigenvalue weighted by molar-refractivity contribution is 5.86. The van der Waals surface area contributed by atoms with Gasteiger partial charge in [-0.2, -0.15) is 0 Å². The topological polar surface area (TPSA) is 85.8 Å². The lowest BCUT2D eigenvalue weighted by molar-refractivity contribution is -0.126. The van der Waals surface area contributed by atoms with Crippen molar-refractivity contribution in [3.05, 3.63) is 11.6 Å². The third kappa shape index (κ3) is 2.57. The van der Waals surface area contributed by atoms with E-state index < -0.39 is 5.54 Å². The van der Waals surface area contributed by atoms with Gasteiger partial charge in [-0.15, -0.1) is 10.2 Å². The molecule has 6 heteroatoms. The number of nitrogens with one attached hydrogen (secondary N) is 1. The number of nitrogens with zero attached hydrogens (tertiary/aromatic N) is 3. The minimum atomic E-state index is -0.665. The highest BCUT2D eigenvalue weighted by atomic mass is 16.2. The van der Waals surface area contributed by atoms with E-state index in [0.717, 1.165) is 56.7 Å². The number of rotatable bonds is 3. The largest absolute Gasteiger partial charge is 0.347 e. The third-order valence-electron chi connectivity index (χ3n) is 4.54. The molecule has 1 aromatic heterocycles. The van der Waals surface area contributed by atoms with Crippen LogP contribution in [0.2, 0.25) is 0 Å². The van der Waals surface area contributed by atoms with Crippen LogP contribution in [-0.4, -0.2) is 26.2 Å². The van der Waals surface area contributed by atoms with E-state index in [4.69, 9.17) is 5.73 Å². The first-order valence-corrected chi connectivity index (χ1v) is 7.67. The Morgan fingerprint density at radius 1 is 1.20 bits per heavy atom. The Hall–Kier alpha value is -1.43. The Balaban J connectivity index is 1.64. The normalized spacial score (nSPS) is 21.2. The highest BCUT2D eigenvalue weighted by Crippen LogP contribution is 2.27. The van der Waals surface area contributed by atoms with E-state index >= 15 is 0 Å². The van der Waals surface area contributed by atoms with Crippen molar-refractivity contribution < 1.29 is 4.79 Å². The summed E-state index contributed by atoms with van der Waals surface area (Å²) in [5.74, 6) is 1.87. The van der Waals surface area contributed by atoms with Crippen molar-refractivity contribution in [2.45, 2.75) is 70.0 Å². The van der Waals surface area contributed by atoms with Gasteiger partial charge >= 0.3 is 0 Å². The zero-order valence-electron chi connectivity index (χ0n) is 11.9. The van der Waals surface area contributed by atoms with Gasteiger partial charge in [0.05, 0.1) is 12.1 Å². The van der Waals surface area contributed by atoms with E-state index in [0.29, 0.717) is 6.54 Å². The fourth-order valence-corrected chi connectivity index (χ4v) is 3.24. The van der Waals surface area contributed by atoms with Crippen LogP contribution in [0, 0.1) is 0 Å². The molecule has 0 bridgehead atoms. The van der Waals surface area contributed by atoms with Gasteiger partial charge in [0.1, 0.15) is 5.82 Å². The van der Waals surface area contributed by atoms with Crippen LogP contribution < -0.4 is 11.1 Å². The Morgan fingerprint density at radius 3 is 2.80 bits per heavy atom. The molecule has 0 aromatic carbocycles. The molecule has 6 nitrogen and oxygen atoms in total. The van der Waals surface area contributed by atoms with Crippen LogP contribution in [0.15, 0.2) is 0 Å². The Bertz CT molecular complexity index is 490. The lowest BCUT2D eigenvalue weighted by atomic mass is 9.98. The standard InChI is InChI=1S/C14H23N5O/c15-14(7-3-4-8-14)13(20)16-10-12-18-17-11-6-2-1-5-9-19(11)12/h1-10,15H2,(H,16,20). The summed E-state index contributed by atoms with van der Waals surface area (Å²) >= 11 is 0. The first kappa shape index (κ1) is 13.5. The molecule has 1 aromatic rings. The fraction of sp³-hybridized carbons (Fsp3) is 0.786. The number of aryl methyl sites for hydroxylation is 1. The van der Waals surface area contributed by atoms with Gasteiger partial charge in [-0.05, 0) is 25.7 Å². The van der Waals surface area contributed by atoms with Crippen LogP contribution in [-0.2, 0) is 24.3 Å². The summed E-state index contributed by atoms with van der Waals surface area (Å²) < 4.78 is 2.16. The molecule has 3 rings (SSSR count). The second-order valence-electron chi connectivity index (χ2n) is 6.04. The first-order valence-electron chi connectivity index (χ1n) is 7.67. The van der Waals surface area contributed by atoms with Gasteiger partial charge in [0.15, 0.2) is 5.82 Å².